The second kappa shape index (κ2) is 6.95. The lowest BCUT2D eigenvalue weighted by Crippen LogP contribution is -2.55. The van der Waals surface area contributed by atoms with Gasteiger partial charge in [-0.25, -0.2) is 16.8 Å². The van der Waals surface area contributed by atoms with Gasteiger partial charge in [0.15, 0.2) is 0 Å². The smallest absolute Gasteiger partial charge is 0.253 e. The number of hydrogen-bond donors (Lipinski definition) is 0. The van der Waals surface area contributed by atoms with Gasteiger partial charge in [0.05, 0.1) is 6.26 Å². The predicted octanol–water partition coefficient (Wildman–Crippen LogP) is 0.00500. The quantitative estimate of drug-likeness (QED) is 0.700. The predicted molar refractivity (Wildman–Crippen MR) is 94.2 cm³/mol. The van der Waals surface area contributed by atoms with Crippen molar-refractivity contribution in [3.63, 3.8) is 0 Å². The molecular formula is C14H21N3O5S3. The van der Waals surface area contributed by atoms with Crippen LogP contribution in [0.2, 0.25) is 0 Å². The van der Waals surface area contributed by atoms with Crippen LogP contribution in [-0.2, 0) is 24.8 Å². The highest BCUT2D eigenvalue weighted by molar-refractivity contribution is 7.91. The van der Waals surface area contributed by atoms with E-state index in [9.17, 15) is 21.6 Å². The van der Waals surface area contributed by atoms with Crippen LogP contribution in [0.4, 0.5) is 0 Å². The first-order chi connectivity index (χ1) is 11.7. The second-order valence-electron chi connectivity index (χ2n) is 6.19. The van der Waals surface area contributed by atoms with Crippen LogP contribution in [0.1, 0.15) is 12.8 Å². The minimum absolute atomic E-state index is 0.231. The molecule has 1 unspecified atom stereocenters. The largest absolute Gasteiger partial charge is 0.339 e. The van der Waals surface area contributed by atoms with Gasteiger partial charge in [-0.1, -0.05) is 6.07 Å². The average molecular weight is 408 g/mol. The number of nitrogens with zero attached hydrogens (tertiary/aromatic N) is 3. The Morgan fingerprint density at radius 2 is 1.80 bits per heavy atom. The summed E-state index contributed by atoms with van der Waals surface area (Å²) >= 11 is 1.14. The number of rotatable bonds is 4. The molecule has 1 amide bonds. The summed E-state index contributed by atoms with van der Waals surface area (Å²) in [5, 5.41) is 1.70. The zero-order valence-corrected chi connectivity index (χ0v) is 16.3. The Hall–Kier alpha value is -1.01. The molecule has 0 radical (unpaired) electrons. The molecule has 2 fully saturated rings. The van der Waals surface area contributed by atoms with Gasteiger partial charge in [0.25, 0.3) is 10.0 Å². The van der Waals surface area contributed by atoms with Crippen LogP contribution in [0.25, 0.3) is 0 Å². The van der Waals surface area contributed by atoms with Gasteiger partial charge in [-0.2, -0.15) is 8.61 Å². The fraction of sp³-hybridized carbons (Fsp3) is 0.643. The molecule has 3 rings (SSSR count). The van der Waals surface area contributed by atoms with Crippen molar-refractivity contribution in [2.24, 2.45) is 0 Å². The van der Waals surface area contributed by atoms with Crippen molar-refractivity contribution in [3.8, 4) is 0 Å². The first kappa shape index (κ1) is 18.8. The van der Waals surface area contributed by atoms with Crippen molar-refractivity contribution in [1.29, 1.82) is 0 Å². The highest BCUT2D eigenvalue weighted by atomic mass is 32.2. The lowest BCUT2D eigenvalue weighted by atomic mass is 10.2. The van der Waals surface area contributed by atoms with E-state index in [1.54, 1.807) is 22.4 Å². The molecule has 0 spiro atoms. The van der Waals surface area contributed by atoms with Gasteiger partial charge in [-0.05, 0) is 24.3 Å². The SMILES string of the molecule is CS(=O)(=O)N1CCN(C(=O)C2CCCN2S(=O)(=O)c2cccs2)CC1. The molecule has 0 aromatic carbocycles. The van der Waals surface area contributed by atoms with Gasteiger partial charge < -0.3 is 4.90 Å². The Labute approximate surface area is 152 Å². The Morgan fingerprint density at radius 1 is 1.12 bits per heavy atom. The molecule has 25 heavy (non-hydrogen) atoms. The summed E-state index contributed by atoms with van der Waals surface area (Å²) in [4.78, 5) is 14.4. The minimum atomic E-state index is -3.66. The number of carbonyl (C=O) groups is 1. The Kier molecular flexibility index (Phi) is 5.22. The second-order valence-corrected chi connectivity index (χ2v) is 11.2. The molecule has 2 aliphatic heterocycles. The maximum Gasteiger partial charge on any atom is 0.253 e. The third-order valence-corrected chi connectivity index (χ3v) is 9.15. The molecule has 0 aliphatic carbocycles. The molecule has 1 atom stereocenters. The highest BCUT2D eigenvalue weighted by Crippen LogP contribution is 2.29. The van der Waals surface area contributed by atoms with E-state index >= 15 is 0 Å². The highest BCUT2D eigenvalue weighted by Gasteiger charge is 2.42. The van der Waals surface area contributed by atoms with Gasteiger partial charge in [0.1, 0.15) is 10.3 Å². The van der Waals surface area contributed by atoms with Gasteiger partial charge >= 0.3 is 0 Å². The normalized spacial score (nSPS) is 23.9. The number of amides is 1. The molecule has 140 valence electrons. The summed E-state index contributed by atoms with van der Waals surface area (Å²) in [6.45, 7) is 1.40. The lowest BCUT2D eigenvalue weighted by Gasteiger charge is -2.36. The van der Waals surface area contributed by atoms with Crippen LogP contribution in [-0.4, -0.2) is 81.3 Å². The molecule has 3 heterocycles. The first-order valence-corrected chi connectivity index (χ1v) is 12.2. The summed E-state index contributed by atoms with van der Waals surface area (Å²) < 4.78 is 51.5. The Balaban J connectivity index is 1.72. The van der Waals surface area contributed by atoms with Crippen LogP contribution >= 0.6 is 11.3 Å². The van der Waals surface area contributed by atoms with Gasteiger partial charge in [0, 0.05) is 32.7 Å². The van der Waals surface area contributed by atoms with Crippen LogP contribution < -0.4 is 0 Å². The molecule has 1 aromatic rings. The molecular weight excluding hydrogens is 386 g/mol. The van der Waals surface area contributed by atoms with E-state index in [0.717, 1.165) is 17.6 Å². The van der Waals surface area contributed by atoms with Gasteiger partial charge in [-0.3, -0.25) is 4.79 Å². The third kappa shape index (κ3) is 3.75. The van der Waals surface area contributed by atoms with Crippen LogP contribution in [0.5, 0.6) is 0 Å². The van der Waals surface area contributed by atoms with Crippen LogP contribution in [0.15, 0.2) is 21.7 Å². The maximum absolute atomic E-state index is 12.8. The van der Waals surface area contributed by atoms with Crippen molar-refractivity contribution in [3.05, 3.63) is 17.5 Å². The molecule has 0 N–H and O–H groups in total. The fourth-order valence-electron chi connectivity index (χ4n) is 3.25. The summed E-state index contributed by atoms with van der Waals surface area (Å²) in [5.41, 5.74) is 0. The summed E-state index contributed by atoms with van der Waals surface area (Å²) in [7, 11) is -6.93. The lowest BCUT2D eigenvalue weighted by molar-refractivity contribution is -0.135. The summed E-state index contributed by atoms with van der Waals surface area (Å²) in [5.74, 6) is -0.231. The van der Waals surface area contributed by atoms with E-state index in [4.69, 9.17) is 0 Å². The van der Waals surface area contributed by atoms with E-state index in [1.165, 1.54) is 8.61 Å². The van der Waals surface area contributed by atoms with E-state index in [1.807, 2.05) is 0 Å². The molecule has 1 aromatic heterocycles. The third-order valence-electron chi connectivity index (χ3n) is 4.57. The number of sulfonamides is 2. The van der Waals surface area contributed by atoms with Crippen molar-refractivity contribution in [2.75, 3.05) is 39.0 Å². The number of piperazine rings is 1. The van der Waals surface area contributed by atoms with Crippen LogP contribution in [0.3, 0.4) is 0 Å². The molecule has 0 saturated carbocycles. The molecule has 2 aliphatic rings. The van der Waals surface area contributed by atoms with E-state index in [0.29, 0.717) is 19.4 Å². The summed E-state index contributed by atoms with van der Waals surface area (Å²) in [6, 6.07) is 2.52. The number of carbonyl (C=O) groups excluding carboxylic acids is 1. The Morgan fingerprint density at radius 3 is 2.36 bits per heavy atom. The van der Waals surface area contributed by atoms with Crippen molar-refractivity contribution in [2.45, 2.75) is 23.1 Å². The first-order valence-electron chi connectivity index (χ1n) is 8.00. The maximum atomic E-state index is 12.8. The Bertz CT molecular complexity index is 827. The molecule has 11 heteroatoms. The topological polar surface area (TPSA) is 95.1 Å². The average Bonchev–Trinajstić information content (AvgIpc) is 3.25. The zero-order chi connectivity index (χ0) is 18.2. The number of thiophene rings is 1. The molecule has 2 saturated heterocycles. The van der Waals surface area contributed by atoms with Crippen molar-refractivity contribution >= 4 is 37.3 Å². The number of hydrogen-bond acceptors (Lipinski definition) is 6. The molecule has 0 bridgehead atoms. The van der Waals surface area contributed by atoms with Crippen molar-refractivity contribution < 1.29 is 21.6 Å². The zero-order valence-electron chi connectivity index (χ0n) is 13.9. The monoisotopic (exact) mass is 407 g/mol. The van der Waals surface area contributed by atoms with Crippen molar-refractivity contribution in [1.82, 2.24) is 13.5 Å². The van der Waals surface area contributed by atoms with E-state index < -0.39 is 26.1 Å². The molecule has 8 nitrogen and oxygen atoms in total. The van der Waals surface area contributed by atoms with Gasteiger partial charge in [-0.15, -0.1) is 11.3 Å². The van der Waals surface area contributed by atoms with Gasteiger partial charge in [0.2, 0.25) is 15.9 Å². The van der Waals surface area contributed by atoms with E-state index in [-0.39, 0.29) is 36.3 Å². The minimum Gasteiger partial charge on any atom is -0.339 e. The van der Waals surface area contributed by atoms with Crippen LogP contribution in [0, 0.1) is 0 Å². The standard InChI is InChI=1S/C14H21N3O5S3/c1-24(19,20)16-9-7-15(8-10-16)14(18)12-4-2-6-17(12)25(21,22)13-5-3-11-23-13/h3,5,11-12H,2,4,6-10H2,1H3. The fourth-order valence-corrected chi connectivity index (χ4v) is 6.85. The summed E-state index contributed by atoms with van der Waals surface area (Å²) in [6.07, 6.45) is 2.29. The van der Waals surface area contributed by atoms with E-state index in [2.05, 4.69) is 0 Å².